The number of nitrogens with one attached hydrogen (secondary N) is 1. The Morgan fingerprint density at radius 2 is 1.62 bits per heavy atom. The number of benzene rings is 2. The summed E-state index contributed by atoms with van der Waals surface area (Å²) in [6.45, 7) is 3.40. The number of aromatic nitrogens is 1. The largest absolute Gasteiger partial charge is 0.486 e. The molecule has 1 aromatic heterocycles. The molecule has 10 heteroatoms. The van der Waals surface area contributed by atoms with Gasteiger partial charge in [-0.2, -0.15) is 0 Å². The number of carbonyl (C=O) groups excluding carboxylic acids is 1. The van der Waals surface area contributed by atoms with E-state index in [9.17, 15) is 13.2 Å². The lowest BCUT2D eigenvalue weighted by Crippen LogP contribution is -2.49. The SMILES string of the molecule is O=C(c1ccc(NS(=O)(=O)c2ccc3c(c2)OCCO3)cc1)N1CCN(c2ccccn2)CC1. The number of fused-ring (bicyclic) bond motifs is 1. The van der Waals surface area contributed by atoms with Crippen LogP contribution >= 0.6 is 0 Å². The van der Waals surface area contributed by atoms with Gasteiger partial charge >= 0.3 is 0 Å². The maximum atomic E-state index is 12.9. The summed E-state index contributed by atoms with van der Waals surface area (Å²) in [6.07, 6.45) is 1.76. The van der Waals surface area contributed by atoms with Crippen molar-refractivity contribution < 1.29 is 22.7 Å². The zero-order chi connectivity index (χ0) is 23.5. The molecule has 176 valence electrons. The molecular formula is C24H24N4O5S. The molecule has 0 atom stereocenters. The van der Waals surface area contributed by atoms with E-state index in [-0.39, 0.29) is 10.8 Å². The molecule has 0 bridgehead atoms. The molecule has 0 spiro atoms. The minimum absolute atomic E-state index is 0.0719. The summed E-state index contributed by atoms with van der Waals surface area (Å²) >= 11 is 0. The van der Waals surface area contributed by atoms with Crippen molar-refractivity contribution in [1.82, 2.24) is 9.88 Å². The first kappa shape index (κ1) is 22.0. The smallest absolute Gasteiger partial charge is 0.262 e. The van der Waals surface area contributed by atoms with E-state index in [4.69, 9.17) is 9.47 Å². The quantitative estimate of drug-likeness (QED) is 0.599. The van der Waals surface area contributed by atoms with E-state index in [0.29, 0.717) is 62.1 Å². The number of nitrogens with zero attached hydrogens (tertiary/aromatic N) is 3. The third kappa shape index (κ3) is 4.62. The van der Waals surface area contributed by atoms with E-state index in [1.54, 1.807) is 41.4 Å². The minimum atomic E-state index is -3.83. The van der Waals surface area contributed by atoms with Gasteiger partial charge in [-0.05, 0) is 48.5 Å². The first-order chi connectivity index (χ1) is 16.5. The first-order valence-corrected chi connectivity index (χ1v) is 12.5. The van der Waals surface area contributed by atoms with Gasteiger partial charge in [0.15, 0.2) is 11.5 Å². The van der Waals surface area contributed by atoms with Crippen molar-refractivity contribution in [3.63, 3.8) is 0 Å². The van der Waals surface area contributed by atoms with Gasteiger partial charge < -0.3 is 19.3 Å². The summed E-state index contributed by atoms with van der Waals surface area (Å²) < 4.78 is 39.1. The summed E-state index contributed by atoms with van der Waals surface area (Å²) in [4.78, 5) is 21.3. The van der Waals surface area contributed by atoms with Crippen molar-refractivity contribution in [3.05, 3.63) is 72.4 Å². The van der Waals surface area contributed by atoms with Gasteiger partial charge in [0.2, 0.25) is 0 Å². The van der Waals surface area contributed by atoms with Crippen LogP contribution in [0.5, 0.6) is 11.5 Å². The lowest BCUT2D eigenvalue weighted by molar-refractivity contribution is 0.0746. The van der Waals surface area contributed by atoms with E-state index in [1.165, 1.54) is 12.1 Å². The number of sulfonamides is 1. The molecule has 2 aliphatic heterocycles. The number of anilines is 2. The third-order valence-corrected chi connectivity index (χ3v) is 7.13. The predicted molar refractivity (Wildman–Crippen MR) is 127 cm³/mol. The van der Waals surface area contributed by atoms with Crippen LogP contribution in [0.25, 0.3) is 0 Å². The lowest BCUT2D eigenvalue weighted by Gasteiger charge is -2.35. The van der Waals surface area contributed by atoms with Gasteiger partial charge in [0.1, 0.15) is 19.0 Å². The Kier molecular flexibility index (Phi) is 5.97. The number of amides is 1. The predicted octanol–water partition coefficient (Wildman–Crippen LogP) is 2.62. The highest BCUT2D eigenvalue weighted by Crippen LogP contribution is 2.32. The highest BCUT2D eigenvalue weighted by atomic mass is 32.2. The first-order valence-electron chi connectivity index (χ1n) is 11.0. The molecule has 0 aliphatic carbocycles. The minimum Gasteiger partial charge on any atom is -0.486 e. The Morgan fingerprint density at radius 3 is 2.32 bits per heavy atom. The van der Waals surface area contributed by atoms with Crippen LogP contribution in [0.15, 0.2) is 71.8 Å². The second-order valence-electron chi connectivity index (χ2n) is 7.96. The number of ether oxygens (including phenoxy) is 2. The number of rotatable bonds is 5. The van der Waals surface area contributed by atoms with Crippen molar-refractivity contribution >= 4 is 27.4 Å². The fourth-order valence-corrected chi connectivity index (χ4v) is 5.02. The van der Waals surface area contributed by atoms with Crippen molar-refractivity contribution in [2.24, 2.45) is 0 Å². The van der Waals surface area contributed by atoms with Gasteiger partial charge in [0.05, 0.1) is 4.90 Å². The standard InChI is InChI=1S/C24H24N4O5S/c29-24(28-13-11-27(12-14-28)23-3-1-2-10-25-23)18-4-6-19(7-5-18)26-34(30,31)20-8-9-21-22(17-20)33-16-15-32-21/h1-10,17,26H,11-16H2. The highest BCUT2D eigenvalue weighted by molar-refractivity contribution is 7.92. The Morgan fingerprint density at radius 1 is 0.882 bits per heavy atom. The normalized spacial score (nSPS) is 15.6. The number of carbonyl (C=O) groups is 1. The van der Waals surface area contributed by atoms with Crippen LogP contribution in [0, 0.1) is 0 Å². The van der Waals surface area contributed by atoms with Crippen molar-refractivity contribution in [2.75, 3.05) is 49.0 Å². The van der Waals surface area contributed by atoms with Crippen molar-refractivity contribution in [1.29, 1.82) is 0 Å². The van der Waals surface area contributed by atoms with Gasteiger partial charge in [0.25, 0.3) is 15.9 Å². The topological polar surface area (TPSA) is 101 Å². The van der Waals surface area contributed by atoms with Gasteiger partial charge in [-0.15, -0.1) is 0 Å². The second kappa shape index (κ2) is 9.22. The number of piperazine rings is 1. The monoisotopic (exact) mass is 480 g/mol. The molecule has 2 aliphatic rings. The zero-order valence-electron chi connectivity index (χ0n) is 18.4. The third-order valence-electron chi connectivity index (χ3n) is 5.75. The second-order valence-corrected chi connectivity index (χ2v) is 9.64. The summed E-state index contributed by atoms with van der Waals surface area (Å²) in [5.74, 6) is 1.75. The Labute approximate surface area is 198 Å². The van der Waals surface area contributed by atoms with Crippen LogP contribution in [0.3, 0.4) is 0 Å². The number of pyridine rings is 1. The van der Waals surface area contributed by atoms with E-state index in [1.807, 2.05) is 18.2 Å². The Hall–Kier alpha value is -3.79. The summed E-state index contributed by atoms with van der Waals surface area (Å²) in [5.41, 5.74) is 0.875. The van der Waals surface area contributed by atoms with Gasteiger partial charge in [-0.1, -0.05) is 6.07 Å². The average Bonchev–Trinajstić information content (AvgIpc) is 2.89. The molecule has 9 nitrogen and oxygen atoms in total. The Balaban J connectivity index is 1.22. The maximum absolute atomic E-state index is 12.9. The molecule has 3 heterocycles. The summed E-state index contributed by atoms with van der Waals surface area (Å²) in [5, 5.41) is 0. The van der Waals surface area contributed by atoms with Crippen LogP contribution in [-0.4, -0.2) is 63.6 Å². The molecular weight excluding hydrogens is 456 g/mol. The lowest BCUT2D eigenvalue weighted by atomic mass is 10.1. The summed E-state index contributed by atoms with van der Waals surface area (Å²) in [6, 6.07) is 16.7. The summed E-state index contributed by atoms with van der Waals surface area (Å²) in [7, 11) is -3.83. The van der Waals surface area contributed by atoms with E-state index < -0.39 is 10.0 Å². The molecule has 0 radical (unpaired) electrons. The van der Waals surface area contributed by atoms with E-state index >= 15 is 0 Å². The van der Waals surface area contributed by atoms with Crippen LogP contribution < -0.4 is 19.1 Å². The van der Waals surface area contributed by atoms with Crippen LogP contribution in [0.4, 0.5) is 11.5 Å². The van der Waals surface area contributed by atoms with E-state index in [0.717, 1.165) is 5.82 Å². The molecule has 2 aromatic carbocycles. The van der Waals surface area contributed by atoms with Gasteiger partial charge in [-0.25, -0.2) is 13.4 Å². The molecule has 0 saturated carbocycles. The molecule has 34 heavy (non-hydrogen) atoms. The van der Waals surface area contributed by atoms with Gasteiger partial charge in [0, 0.05) is 49.7 Å². The molecule has 3 aromatic rings. The number of hydrogen-bond donors (Lipinski definition) is 1. The van der Waals surface area contributed by atoms with Crippen LogP contribution in [-0.2, 0) is 10.0 Å². The van der Waals surface area contributed by atoms with E-state index in [2.05, 4.69) is 14.6 Å². The van der Waals surface area contributed by atoms with Crippen LogP contribution in [0.1, 0.15) is 10.4 Å². The highest BCUT2D eigenvalue weighted by Gasteiger charge is 2.23. The fraction of sp³-hybridized carbons (Fsp3) is 0.250. The van der Waals surface area contributed by atoms with Crippen LogP contribution in [0.2, 0.25) is 0 Å². The average molecular weight is 481 g/mol. The molecule has 1 saturated heterocycles. The fourth-order valence-electron chi connectivity index (χ4n) is 3.95. The molecule has 1 N–H and O–H groups in total. The zero-order valence-corrected chi connectivity index (χ0v) is 19.2. The molecule has 1 fully saturated rings. The van der Waals surface area contributed by atoms with Gasteiger partial charge in [-0.3, -0.25) is 9.52 Å². The Bertz CT molecular complexity index is 1270. The van der Waals surface area contributed by atoms with Crippen molar-refractivity contribution in [2.45, 2.75) is 4.90 Å². The maximum Gasteiger partial charge on any atom is 0.262 e. The molecule has 1 amide bonds. The molecule has 5 rings (SSSR count). The number of hydrogen-bond acceptors (Lipinski definition) is 7. The van der Waals surface area contributed by atoms with Crippen molar-refractivity contribution in [3.8, 4) is 11.5 Å². The molecule has 0 unspecified atom stereocenters.